The Balaban J connectivity index is 2.13. The van der Waals surface area contributed by atoms with E-state index >= 15 is 0 Å². The second-order valence-electron chi connectivity index (χ2n) is 6.12. The molecule has 0 atom stereocenters. The zero-order valence-electron chi connectivity index (χ0n) is 13.8. The third kappa shape index (κ3) is 3.91. The fourth-order valence-corrected chi connectivity index (χ4v) is 2.82. The van der Waals surface area contributed by atoms with Crippen LogP contribution in [0.2, 0.25) is 0 Å². The van der Waals surface area contributed by atoms with E-state index in [4.69, 9.17) is 14.2 Å². The zero-order chi connectivity index (χ0) is 16.2. The minimum atomic E-state index is -0.491. The number of esters is 1. The minimum absolute atomic E-state index is 0.347. The molecular formula is C17H25NO4. The summed E-state index contributed by atoms with van der Waals surface area (Å²) in [6.45, 7) is 5.91. The maximum absolute atomic E-state index is 12.5. The number of carbonyl (C=O) groups is 1. The van der Waals surface area contributed by atoms with Crippen molar-refractivity contribution in [3.05, 3.63) is 23.8 Å². The Labute approximate surface area is 131 Å². The smallest absolute Gasteiger partial charge is 0.338 e. The van der Waals surface area contributed by atoms with Crippen molar-refractivity contribution < 1.29 is 19.0 Å². The summed E-state index contributed by atoms with van der Waals surface area (Å²) in [5.41, 5.74) is -0.0478. The van der Waals surface area contributed by atoms with E-state index < -0.39 is 5.60 Å². The zero-order valence-corrected chi connectivity index (χ0v) is 13.8. The lowest BCUT2D eigenvalue weighted by Gasteiger charge is -2.36. The van der Waals surface area contributed by atoms with Gasteiger partial charge in [-0.25, -0.2) is 4.79 Å². The molecule has 0 bridgehead atoms. The molecule has 1 aromatic carbocycles. The maximum Gasteiger partial charge on any atom is 0.338 e. The van der Waals surface area contributed by atoms with E-state index in [2.05, 4.69) is 5.32 Å². The lowest BCUT2D eigenvalue weighted by Crippen LogP contribution is -2.42. The number of benzene rings is 1. The molecule has 1 aliphatic heterocycles. The van der Waals surface area contributed by atoms with Gasteiger partial charge in [0.25, 0.3) is 0 Å². The first-order chi connectivity index (χ1) is 10.5. The molecule has 5 heteroatoms. The van der Waals surface area contributed by atoms with Crippen LogP contribution in [0.15, 0.2) is 18.2 Å². The third-order valence-electron chi connectivity index (χ3n) is 4.27. The average Bonchev–Trinajstić information content (AvgIpc) is 2.54. The highest BCUT2D eigenvalue weighted by Gasteiger charge is 2.34. The van der Waals surface area contributed by atoms with Crippen molar-refractivity contribution in [3.63, 3.8) is 0 Å². The molecule has 0 spiro atoms. The first-order valence-corrected chi connectivity index (χ1v) is 7.63. The van der Waals surface area contributed by atoms with Crippen LogP contribution in [0, 0.1) is 5.92 Å². The summed E-state index contributed by atoms with van der Waals surface area (Å²) < 4.78 is 16.2. The Bertz CT molecular complexity index is 499. The van der Waals surface area contributed by atoms with Gasteiger partial charge < -0.3 is 19.5 Å². The van der Waals surface area contributed by atoms with Gasteiger partial charge in [-0.05, 0) is 51.9 Å². The summed E-state index contributed by atoms with van der Waals surface area (Å²) >= 11 is 0. The van der Waals surface area contributed by atoms with Gasteiger partial charge in [-0.2, -0.15) is 0 Å². The number of hydrogen-bond acceptors (Lipinski definition) is 5. The van der Waals surface area contributed by atoms with Gasteiger partial charge >= 0.3 is 5.97 Å². The Morgan fingerprint density at radius 1 is 1.09 bits per heavy atom. The van der Waals surface area contributed by atoms with E-state index in [1.807, 2.05) is 13.8 Å². The topological polar surface area (TPSA) is 56.8 Å². The average molecular weight is 307 g/mol. The maximum atomic E-state index is 12.5. The van der Waals surface area contributed by atoms with E-state index in [0.29, 0.717) is 23.0 Å². The largest absolute Gasteiger partial charge is 0.497 e. The molecule has 1 N–H and O–H groups in total. The molecule has 0 unspecified atom stereocenters. The first kappa shape index (κ1) is 16.6. The highest BCUT2D eigenvalue weighted by molar-refractivity contribution is 5.90. The van der Waals surface area contributed by atoms with Crippen molar-refractivity contribution in [2.75, 3.05) is 27.3 Å². The molecule has 5 nitrogen and oxygen atoms in total. The standard InChI is InChI=1S/C17H25NO4/c1-17(2,13-5-7-18-8-6-13)22-16(19)12-9-14(20-3)11-15(10-12)21-4/h9-11,13,18H,5-8H2,1-4H3. The van der Waals surface area contributed by atoms with E-state index in [-0.39, 0.29) is 5.97 Å². The molecule has 0 aromatic heterocycles. The van der Waals surface area contributed by atoms with Crippen LogP contribution in [0.3, 0.4) is 0 Å². The van der Waals surface area contributed by atoms with Crippen molar-refractivity contribution in [2.24, 2.45) is 5.92 Å². The number of piperidine rings is 1. The van der Waals surface area contributed by atoms with Crippen LogP contribution in [-0.4, -0.2) is 38.9 Å². The van der Waals surface area contributed by atoms with Gasteiger partial charge in [0, 0.05) is 12.0 Å². The van der Waals surface area contributed by atoms with Crippen LogP contribution in [0.1, 0.15) is 37.0 Å². The van der Waals surface area contributed by atoms with E-state index in [1.54, 1.807) is 32.4 Å². The van der Waals surface area contributed by atoms with E-state index in [1.165, 1.54) is 0 Å². The molecule has 1 saturated heterocycles. The van der Waals surface area contributed by atoms with Crippen molar-refractivity contribution >= 4 is 5.97 Å². The lowest BCUT2D eigenvalue weighted by molar-refractivity contribution is -0.0368. The van der Waals surface area contributed by atoms with Crippen LogP contribution in [0.4, 0.5) is 0 Å². The first-order valence-electron chi connectivity index (χ1n) is 7.63. The Morgan fingerprint density at radius 3 is 2.14 bits per heavy atom. The summed E-state index contributed by atoms with van der Waals surface area (Å²) in [5.74, 6) is 1.17. The quantitative estimate of drug-likeness (QED) is 0.848. The van der Waals surface area contributed by atoms with Gasteiger partial charge in [-0.1, -0.05) is 0 Å². The van der Waals surface area contributed by atoms with Crippen LogP contribution in [0.5, 0.6) is 11.5 Å². The highest BCUT2D eigenvalue weighted by Crippen LogP contribution is 2.31. The minimum Gasteiger partial charge on any atom is -0.497 e. The van der Waals surface area contributed by atoms with Gasteiger partial charge in [-0.15, -0.1) is 0 Å². The van der Waals surface area contributed by atoms with Crippen molar-refractivity contribution in [3.8, 4) is 11.5 Å². The fourth-order valence-electron chi connectivity index (χ4n) is 2.82. The third-order valence-corrected chi connectivity index (χ3v) is 4.27. The Morgan fingerprint density at radius 2 is 1.64 bits per heavy atom. The van der Waals surface area contributed by atoms with Gasteiger partial charge in [0.2, 0.25) is 0 Å². The second kappa shape index (κ2) is 7.01. The van der Waals surface area contributed by atoms with Gasteiger partial charge in [0.15, 0.2) is 0 Å². The predicted octanol–water partition coefficient (Wildman–Crippen LogP) is 2.64. The molecule has 2 rings (SSSR count). The monoisotopic (exact) mass is 307 g/mol. The molecule has 122 valence electrons. The van der Waals surface area contributed by atoms with Gasteiger partial charge in [0.05, 0.1) is 19.8 Å². The van der Waals surface area contributed by atoms with Crippen molar-refractivity contribution in [2.45, 2.75) is 32.3 Å². The number of ether oxygens (including phenoxy) is 3. The summed E-state index contributed by atoms with van der Waals surface area (Å²) in [6, 6.07) is 5.07. The molecular weight excluding hydrogens is 282 g/mol. The Hall–Kier alpha value is -1.75. The number of hydrogen-bond donors (Lipinski definition) is 1. The van der Waals surface area contributed by atoms with E-state index in [9.17, 15) is 4.79 Å². The van der Waals surface area contributed by atoms with Crippen LogP contribution in [-0.2, 0) is 4.74 Å². The van der Waals surface area contributed by atoms with Crippen molar-refractivity contribution in [1.29, 1.82) is 0 Å². The molecule has 1 fully saturated rings. The summed E-state index contributed by atoms with van der Waals surface area (Å²) in [7, 11) is 3.12. The SMILES string of the molecule is COc1cc(OC)cc(C(=O)OC(C)(C)C2CCNCC2)c1. The highest BCUT2D eigenvalue weighted by atomic mass is 16.6. The number of rotatable bonds is 5. The molecule has 1 aromatic rings. The molecule has 0 amide bonds. The van der Waals surface area contributed by atoms with Gasteiger partial charge in [-0.3, -0.25) is 0 Å². The van der Waals surface area contributed by atoms with Crippen LogP contribution >= 0.6 is 0 Å². The lowest BCUT2D eigenvalue weighted by atomic mass is 9.83. The molecule has 0 radical (unpaired) electrons. The summed E-state index contributed by atoms with van der Waals surface area (Å²) in [5, 5.41) is 3.33. The second-order valence-corrected chi connectivity index (χ2v) is 6.12. The molecule has 1 heterocycles. The fraction of sp³-hybridized carbons (Fsp3) is 0.588. The van der Waals surface area contributed by atoms with E-state index in [0.717, 1.165) is 25.9 Å². The van der Waals surface area contributed by atoms with Gasteiger partial charge in [0.1, 0.15) is 17.1 Å². The van der Waals surface area contributed by atoms with Crippen molar-refractivity contribution in [1.82, 2.24) is 5.32 Å². The van der Waals surface area contributed by atoms with Crippen LogP contribution < -0.4 is 14.8 Å². The normalized spacial score (nSPS) is 16.2. The molecule has 1 aliphatic rings. The number of carbonyl (C=O) groups excluding carboxylic acids is 1. The number of nitrogens with one attached hydrogen (secondary N) is 1. The van der Waals surface area contributed by atoms with Crippen LogP contribution in [0.25, 0.3) is 0 Å². The molecule has 0 saturated carbocycles. The number of methoxy groups -OCH3 is 2. The summed E-state index contributed by atoms with van der Waals surface area (Å²) in [4.78, 5) is 12.5. The predicted molar refractivity (Wildman–Crippen MR) is 84.6 cm³/mol. The Kier molecular flexibility index (Phi) is 5.29. The molecule has 22 heavy (non-hydrogen) atoms. The summed E-state index contributed by atoms with van der Waals surface area (Å²) in [6.07, 6.45) is 2.03. The molecule has 0 aliphatic carbocycles.